The smallest absolute Gasteiger partial charge is 0.284 e. The van der Waals surface area contributed by atoms with Gasteiger partial charge in [0.25, 0.3) is 5.56 Å². The van der Waals surface area contributed by atoms with Crippen molar-refractivity contribution in [1.29, 1.82) is 0 Å². The fraction of sp³-hybridized carbons (Fsp3) is 0.353. The van der Waals surface area contributed by atoms with Crippen LogP contribution in [0.4, 0.5) is 10.3 Å². The summed E-state index contributed by atoms with van der Waals surface area (Å²) in [7, 11) is 0. The maximum Gasteiger partial charge on any atom is 0.284 e. The highest BCUT2D eigenvalue weighted by Gasteiger charge is 2.13. The second-order valence-electron chi connectivity index (χ2n) is 5.84. The van der Waals surface area contributed by atoms with Crippen LogP contribution in [0.3, 0.4) is 0 Å². The third kappa shape index (κ3) is 3.07. The second kappa shape index (κ2) is 7.03. The molecule has 0 spiro atoms. The number of nitrogens with zero attached hydrogens (tertiary/aromatic N) is 6. The maximum absolute atomic E-state index is 14.0. The molecule has 0 aliphatic carbocycles. The molecule has 0 atom stereocenters. The zero-order valence-electron chi connectivity index (χ0n) is 15.1. The van der Waals surface area contributed by atoms with Crippen molar-refractivity contribution in [3.05, 3.63) is 45.4 Å². The normalized spacial score (nSPS) is 11.6. The summed E-state index contributed by atoms with van der Waals surface area (Å²) >= 11 is 0. The first-order chi connectivity index (χ1) is 12.5. The lowest BCUT2D eigenvalue weighted by molar-refractivity contribution is 0.470. The van der Waals surface area contributed by atoms with Crippen LogP contribution in [0.15, 0.2) is 22.2 Å². The third-order valence-corrected chi connectivity index (χ3v) is 4.04. The van der Waals surface area contributed by atoms with Gasteiger partial charge in [-0.1, -0.05) is 0 Å². The lowest BCUT2D eigenvalue weighted by Gasteiger charge is -2.13. The van der Waals surface area contributed by atoms with Crippen molar-refractivity contribution in [3.63, 3.8) is 0 Å². The van der Waals surface area contributed by atoms with E-state index in [4.69, 9.17) is 0 Å². The number of hydrogen-bond donors (Lipinski definition) is 1. The Morgan fingerprint density at radius 2 is 2.04 bits per heavy atom. The van der Waals surface area contributed by atoms with Gasteiger partial charge in [0.05, 0.1) is 23.4 Å². The zero-order valence-corrected chi connectivity index (χ0v) is 15.1. The van der Waals surface area contributed by atoms with Gasteiger partial charge in [-0.05, 0) is 39.3 Å². The van der Waals surface area contributed by atoms with E-state index < -0.39 is 5.95 Å². The van der Waals surface area contributed by atoms with Crippen LogP contribution in [-0.2, 0) is 13.1 Å². The molecule has 0 fully saturated rings. The number of rotatable bonds is 5. The molecule has 0 aliphatic heterocycles. The van der Waals surface area contributed by atoms with E-state index >= 15 is 0 Å². The highest BCUT2D eigenvalue weighted by Crippen LogP contribution is 2.17. The lowest BCUT2D eigenvalue weighted by atomic mass is 10.2. The number of halogens is 1. The van der Waals surface area contributed by atoms with Crippen molar-refractivity contribution >= 4 is 23.2 Å². The largest absolute Gasteiger partial charge is 0.295 e. The van der Waals surface area contributed by atoms with Crippen molar-refractivity contribution in [2.24, 2.45) is 5.10 Å². The van der Waals surface area contributed by atoms with Gasteiger partial charge >= 0.3 is 0 Å². The Bertz CT molecular complexity index is 1050. The van der Waals surface area contributed by atoms with Gasteiger partial charge in [0.1, 0.15) is 5.65 Å². The summed E-state index contributed by atoms with van der Waals surface area (Å²) in [6, 6.07) is 1.85. The van der Waals surface area contributed by atoms with E-state index in [1.165, 1.54) is 17.1 Å². The minimum absolute atomic E-state index is 0.246. The molecule has 0 radical (unpaired) electrons. The van der Waals surface area contributed by atoms with Crippen molar-refractivity contribution in [3.8, 4) is 0 Å². The lowest BCUT2D eigenvalue weighted by Crippen LogP contribution is -2.19. The van der Waals surface area contributed by atoms with E-state index in [0.717, 1.165) is 11.3 Å². The molecule has 8 nitrogen and oxygen atoms in total. The van der Waals surface area contributed by atoms with Gasteiger partial charge < -0.3 is 0 Å². The van der Waals surface area contributed by atoms with Crippen LogP contribution in [0.2, 0.25) is 0 Å². The van der Waals surface area contributed by atoms with Crippen LogP contribution < -0.4 is 11.0 Å². The molecule has 0 bridgehead atoms. The van der Waals surface area contributed by atoms with Crippen LogP contribution in [0.1, 0.15) is 30.7 Å². The average Bonchev–Trinajstić information content (AvgIpc) is 2.94. The van der Waals surface area contributed by atoms with Gasteiger partial charge in [-0.15, -0.1) is 0 Å². The first-order valence-corrected chi connectivity index (χ1v) is 8.35. The van der Waals surface area contributed by atoms with Crippen molar-refractivity contribution in [1.82, 2.24) is 24.3 Å². The van der Waals surface area contributed by atoms with E-state index in [-0.39, 0.29) is 17.1 Å². The quantitative estimate of drug-likeness (QED) is 0.559. The van der Waals surface area contributed by atoms with Crippen LogP contribution in [0.25, 0.3) is 11.0 Å². The Labute approximate surface area is 149 Å². The van der Waals surface area contributed by atoms with Crippen LogP contribution in [0, 0.1) is 19.8 Å². The second-order valence-corrected chi connectivity index (χ2v) is 5.84. The van der Waals surface area contributed by atoms with E-state index in [0.29, 0.717) is 24.1 Å². The molecule has 0 saturated carbocycles. The zero-order chi connectivity index (χ0) is 18.8. The Balaban J connectivity index is 2.01. The first-order valence-electron chi connectivity index (χ1n) is 8.35. The summed E-state index contributed by atoms with van der Waals surface area (Å²) in [6.45, 7) is 8.42. The summed E-state index contributed by atoms with van der Waals surface area (Å²) in [6.07, 6.45) is 2.69. The van der Waals surface area contributed by atoms with Gasteiger partial charge in [-0.2, -0.15) is 19.6 Å². The van der Waals surface area contributed by atoms with Crippen molar-refractivity contribution in [2.75, 3.05) is 5.43 Å². The number of nitrogens with one attached hydrogen (secondary N) is 1. The van der Waals surface area contributed by atoms with Crippen LogP contribution >= 0.6 is 0 Å². The molecule has 3 aromatic heterocycles. The fourth-order valence-electron chi connectivity index (χ4n) is 2.83. The maximum atomic E-state index is 14.0. The number of hydrogen-bond acceptors (Lipinski definition) is 6. The Hall–Kier alpha value is -3.10. The van der Waals surface area contributed by atoms with Crippen LogP contribution in [0.5, 0.6) is 0 Å². The van der Waals surface area contributed by atoms with E-state index in [1.54, 1.807) is 11.5 Å². The molecule has 0 saturated heterocycles. The molecule has 9 heteroatoms. The molecule has 3 heterocycles. The molecule has 0 aromatic carbocycles. The van der Waals surface area contributed by atoms with E-state index in [9.17, 15) is 9.18 Å². The summed E-state index contributed by atoms with van der Waals surface area (Å²) in [5.74, 6) is -0.215. The highest BCUT2D eigenvalue weighted by atomic mass is 19.1. The van der Waals surface area contributed by atoms with E-state index in [2.05, 4.69) is 25.6 Å². The highest BCUT2D eigenvalue weighted by molar-refractivity contribution is 5.81. The summed E-state index contributed by atoms with van der Waals surface area (Å²) < 4.78 is 17.0. The molecular formula is C17H20FN7O. The first kappa shape index (κ1) is 17.7. The SMILES string of the molecule is CCn1ncc(/C=N\Nc2nc(=O)c3c(C)cc(C)nc3n2CC)c1F. The number of aryl methyl sites for hydroxylation is 4. The molecule has 136 valence electrons. The number of anilines is 1. The van der Waals surface area contributed by atoms with Gasteiger partial charge in [0, 0.05) is 18.8 Å². The summed E-state index contributed by atoms with van der Waals surface area (Å²) in [5.41, 5.74) is 4.78. The molecule has 0 aliphatic rings. The average molecular weight is 357 g/mol. The molecule has 3 rings (SSSR count). The Morgan fingerprint density at radius 3 is 2.69 bits per heavy atom. The van der Waals surface area contributed by atoms with Gasteiger partial charge in [-0.25, -0.2) is 15.1 Å². The monoisotopic (exact) mass is 357 g/mol. The molecular weight excluding hydrogens is 337 g/mol. The number of fused-ring (bicyclic) bond motifs is 1. The predicted molar refractivity (Wildman–Crippen MR) is 98.0 cm³/mol. The standard InChI is InChI=1S/C17H20FN7O/c1-5-24-15-13(10(3)7-11(4)21-15)16(26)22-17(24)23-19-8-12-9-20-25(6-2)14(12)18/h7-9H,5-6H2,1-4H3,(H,22,23,26)/b19-8-. The van der Waals surface area contributed by atoms with Crippen molar-refractivity contribution in [2.45, 2.75) is 40.8 Å². The molecule has 0 amide bonds. The number of pyridine rings is 1. The molecule has 0 unspecified atom stereocenters. The molecule has 26 heavy (non-hydrogen) atoms. The van der Waals surface area contributed by atoms with Gasteiger partial charge in [0.2, 0.25) is 11.9 Å². The van der Waals surface area contributed by atoms with E-state index in [1.807, 2.05) is 26.8 Å². The summed E-state index contributed by atoms with van der Waals surface area (Å²) in [5, 5.41) is 8.40. The van der Waals surface area contributed by atoms with Gasteiger partial charge in [-0.3, -0.25) is 9.36 Å². The predicted octanol–water partition coefficient (Wildman–Crippen LogP) is 2.23. The number of aromatic nitrogens is 5. The summed E-state index contributed by atoms with van der Waals surface area (Å²) in [4.78, 5) is 20.9. The topological polar surface area (TPSA) is 90.0 Å². The number of hydrazone groups is 1. The molecule has 1 N–H and O–H groups in total. The molecule has 3 aromatic rings. The Kier molecular flexibility index (Phi) is 4.79. The third-order valence-electron chi connectivity index (χ3n) is 4.04. The fourth-order valence-corrected chi connectivity index (χ4v) is 2.83. The van der Waals surface area contributed by atoms with Gasteiger partial charge in [0.15, 0.2) is 0 Å². The van der Waals surface area contributed by atoms with Crippen LogP contribution in [-0.4, -0.2) is 30.5 Å². The minimum atomic E-state index is -0.467. The van der Waals surface area contributed by atoms with Crippen molar-refractivity contribution < 1.29 is 4.39 Å². The Morgan fingerprint density at radius 1 is 1.27 bits per heavy atom. The minimum Gasteiger partial charge on any atom is -0.295 e.